The van der Waals surface area contributed by atoms with Crippen molar-refractivity contribution < 1.29 is 24.0 Å². The van der Waals surface area contributed by atoms with Gasteiger partial charge in [0.1, 0.15) is 0 Å². The second kappa shape index (κ2) is 7.44. The molecule has 0 rings (SSSR count). The van der Waals surface area contributed by atoms with Gasteiger partial charge in [0.2, 0.25) is 0 Å². The number of phosphoric acid groups is 1. The van der Waals surface area contributed by atoms with Crippen LogP contribution in [0, 0.1) is 0 Å². The SMILES string of the molecule is [O]CCCNCCCOP(=O)(O)O. The molecule has 0 bridgehead atoms. The lowest BCUT2D eigenvalue weighted by molar-refractivity contribution is 0.186. The summed E-state index contributed by atoms with van der Waals surface area (Å²) in [5, 5.41) is 12.9. The molecular formula is C6H15NO5P. The molecule has 0 heterocycles. The fourth-order valence-corrected chi connectivity index (χ4v) is 1.07. The second-order valence-corrected chi connectivity index (χ2v) is 3.72. The van der Waals surface area contributed by atoms with E-state index in [1.165, 1.54) is 0 Å². The molecule has 0 unspecified atom stereocenters. The summed E-state index contributed by atoms with van der Waals surface area (Å²) in [7, 11) is -4.30. The van der Waals surface area contributed by atoms with Crippen LogP contribution in [0.4, 0.5) is 0 Å². The van der Waals surface area contributed by atoms with E-state index in [0.717, 1.165) is 0 Å². The van der Waals surface area contributed by atoms with E-state index in [-0.39, 0.29) is 13.2 Å². The zero-order chi connectivity index (χ0) is 10.2. The Morgan fingerprint density at radius 1 is 1.23 bits per heavy atom. The first-order valence-electron chi connectivity index (χ1n) is 4.05. The van der Waals surface area contributed by atoms with Crippen molar-refractivity contribution in [3.05, 3.63) is 0 Å². The molecule has 0 fully saturated rings. The molecule has 3 N–H and O–H groups in total. The summed E-state index contributed by atoms with van der Waals surface area (Å²) >= 11 is 0. The van der Waals surface area contributed by atoms with Crippen molar-refractivity contribution in [2.75, 3.05) is 26.3 Å². The van der Waals surface area contributed by atoms with Crippen LogP contribution in [0.25, 0.3) is 0 Å². The van der Waals surface area contributed by atoms with Gasteiger partial charge in [-0.2, -0.15) is 0 Å². The van der Waals surface area contributed by atoms with E-state index in [2.05, 4.69) is 9.84 Å². The van der Waals surface area contributed by atoms with E-state index in [1.807, 2.05) is 0 Å². The molecule has 7 heteroatoms. The van der Waals surface area contributed by atoms with Gasteiger partial charge in [-0.05, 0) is 25.9 Å². The Bertz CT molecular complexity index is 159. The summed E-state index contributed by atoms with van der Waals surface area (Å²) in [6, 6.07) is 0. The number of hydrogen-bond acceptors (Lipinski definition) is 3. The van der Waals surface area contributed by atoms with Crippen LogP contribution in [0.1, 0.15) is 12.8 Å². The first-order chi connectivity index (χ1) is 6.06. The van der Waals surface area contributed by atoms with E-state index < -0.39 is 7.82 Å². The van der Waals surface area contributed by atoms with Gasteiger partial charge in [-0.1, -0.05) is 0 Å². The first-order valence-corrected chi connectivity index (χ1v) is 5.58. The van der Waals surface area contributed by atoms with Crippen LogP contribution in [-0.2, 0) is 14.2 Å². The van der Waals surface area contributed by atoms with Gasteiger partial charge in [-0.15, -0.1) is 0 Å². The van der Waals surface area contributed by atoms with Crippen LogP contribution in [0.5, 0.6) is 0 Å². The van der Waals surface area contributed by atoms with E-state index in [9.17, 15) is 9.67 Å². The largest absolute Gasteiger partial charge is 0.469 e. The minimum Gasteiger partial charge on any atom is -0.317 e. The normalized spacial score (nSPS) is 11.9. The molecule has 79 valence electrons. The summed E-state index contributed by atoms with van der Waals surface area (Å²) in [6.07, 6.45) is 1.09. The average molecular weight is 212 g/mol. The third-order valence-corrected chi connectivity index (χ3v) is 1.77. The Morgan fingerprint density at radius 2 is 1.85 bits per heavy atom. The Balaban J connectivity index is 3.04. The van der Waals surface area contributed by atoms with Crippen LogP contribution < -0.4 is 5.32 Å². The average Bonchev–Trinajstić information content (AvgIpc) is 2.01. The number of nitrogens with one attached hydrogen (secondary N) is 1. The maximum atomic E-state index is 10.2. The standard InChI is InChI=1S/C6H15NO5P/c8-5-1-3-7-4-2-6-12-13(9,10)11/h7H,1-6H2,(H2,9,10,11). The Kier molecular flexibility index (Phi) is 7.45. The molecule has 0 saturated heterocycles. The summed E-state index contributed by atoms with van der Waals surface area (Å²) in [5.41, 5.74) is 0. The zero-order valence-corrected chi connectivity index (χ0v) is 8.20. The summed E-state index contributed by atoms with van der Waals surface area (Å²) in [4.78, 5) is 16.6. The van der Waals surface area contributed by atoms with Crippen molar-refractivity contribution in [3.63, 3.8) is 0 Å². The maximum Gasteiger partial charge on any atom is 0.469 e. The van der Waals surface area contributed by atoms with Gasteiger partial charge in [0.05, 0.1) is 13.2 Å². The van der Waals surface area contributed by atoms with E-state index in [4.69, 9.17) is 9.79 Å². The van der Waals surface area contributed by atoms with Crippen molar-refractivity contribution in [3.8, 4) is 0 Å². The molecule has 0 amide bonds. The van der Waals surface area contributed by atoms with Gasteiger partial charge in [0, 0.05) is 0 Å². The first kappa shape index (κ1) is 13.0. The lowest BCUT2D eigenvalue weighted by Gasteiger charge is -2.05. The smallest absolute Gasteiger partial charge is 0.317 e. The Hall–Kier alpha value is 0.0300. The van der Waals surface area contributed by atoms with Crippen molar-refractivity contribution >= 4 is 7.82 Å². The lowest BCUT2D eigenvalue weighted by Crippen LogP contribution is -2.18. The quantitative estimate of drug-likeness (QED) is 0.385. The van der Waals surface area contributed by atoms with Gasteiger partial charge >= 0.3 is 7.82 Å². The van der Waals surface area contributed by atoms with Gasteiger partial charge in [0.25, 0.3) is 0 Å². The highest BCUT2D eigenvalue weighted by Crippen LogP contribution is 2.35. The maximum absolute atomic E-state index is 10.2. The molecule has 0 aromatic heterocycles. The molecule has 0 atom stereocenters. The fourth-order valence-electron chi connectivity index (χ4n) is 0.703. The highest BCUT2D eigenvalue weighted by atomic mass is 31.2. The zero-order valence-electron chi connectivity index (χ0n) is 7.31. The number of phosphoric ester groups is 1. The molecule has 1 radical (unpaired) electrons. The predicted molar refractivity (Wildman–Crippen MR) is 45.7 cm³/mol. The van der Waals surface area contributed by atoms with Crippen LogP contribution in [0.15, 0.2) is 0 Å². The molecule has 13 heavy (non-hydrogen) atoms. The van der Waals surface area contributed by atoms with Gasteiger partial charge in [-0.3, -0.25) is 4.52 Å². The second-order valence-electron chi connectivity index (χ2n) is 2.49. The van der Waals surface area contributed by atoms with E-state index >= 15 is 0 Å². The van der Waals surface area contributed by atoms with Crippen LogP contribution in [0.2, 0.25) is 0 Å². The van der Waals surface area contributed by atoms with Gasteiger partial charge < -0.3 is 15.1 Å². The third kappa shape index (κ3) is 12.0. The topological polar surface area (TPSA) is 98.7 Å². The lowest BCUT2D eigenvalue weighted by atomic mass is 10.4. The highest BCUT2D eigenvalue weighted by molar-refractivity contribution is 7.46. The molecule has 0 aliphatic carbocycles. The van der Waals surface area contributed by atoms with Crippen molar-refractivity contribution in [2.45, 2.75) is 12.8 Å². The Labute approximate surface area is 77.2 Å². The predicted octanol–water partition coefficient (Wildman–Crippen LogP) is -0.104. The number of hydrogen-bond donors (Lipinski definition) is 3. The van der Waals surface area contributed by atoms with Gasteiger partial charge in [-0.25, -0.2) is 9.67 Å². The summed E-state index contributed by atoms with van der Waals surface area (Å²) in [6.45, 7) is 1.15. The summed E-state index contributed by atoms with van der Waals surface area (Å²) < 4.78 is 14.4. The Morgan fingerprint density at radius 3 is 2.38 bits per heavy atom. The van der Waals surface area contributed by atoms with Crippen molar-refractivity contribution in [1.82, 2.24) is 5.32 Å². The number of rotatable bonds is 8. The molecule has 0 aliphatic rings. The van der Waals surface area contributed by atoms with E-state index in [1.54, 1.807) is 0 Å². The van der Waals surface area contributed by atoms with Crippen molar-refractivity contribution in [2.24, 2.45) is 0 Å². The molecule has 0 aromatic carbocycles. The monoisotopic (exact) mass is 212 g/mol. The van der Waals surface area contributed by atoms with E-state index in [0.29, 0.717) is 25.9 Å². The summed E-state index contributed by atoms with van der Waals surface area (Å²) in [5.74, 6) is 0. The molecular weight excluding hydrogens is 197 g/mol. The molecule has 6 nitrogen and oxygen atoms in total. The minimum absolute atomic E-state index is 0.0225. The van der Waals surface area contributed by atoms with Crippen molar-refractivity contribution in [1.29, 1.82) is 0 Å². The fraction of sp³-hybridized carbons (Fsp3) is 1.00. The molecule has 0 aliphatic heterocycles. The third-order valence-electron chi connectivity index (χ3n) is 1.26. The minimum atomic E-state index is -4.30. The van der Waals surface area contributed by atoms with Crippen LogP contribution in [0.3, 0.4) is 0 Å². The molecule has 0 aromatic rings. The molecule has 0 spiro atoms. The highest BCUT2D eigenvalue weighted by Gasteiger charge is 2.11. The van der Waals surface area contributed by atoms with Crippen LogP contribution in [-0.4, -0.2) is 36.1 Å². The molecule has 0 saturated carbocycles. The van der Waals surface area contributed by atoms with Gasteiger partial charge in [0.15, 0.2) is 0 Å². The van der Waals surface area contributed by atoms with Crippen LogP contribution >= 0.6 is 7.82 Å².